The molecule has 4 nitrogen and oxygen atoms in total. The second-order valence-corrected chi connectivity index (χ2v) is 5.45. The van der Waals surface area contributed by atoms with Crippen LogP contribution in [-0.4, -0.2) is 16.5 Å². The second kappa shape index (κ2) is 5.82. The predicted octanol–water partition coefficient (Wildman–Crippen LogP) is 3.45. The second-order valence-electron chi connectivity index (χ2n) is 4.13. The highest BCUT2D eigenvalue weighted by Crippen LogP contribution is 2.25. The monoisotopic (exact) mass is 262 g/mol. The van der Waals surface area contributed by atoms with Gasteiger partial charge >= 0.3 is 0 Å². The molecule has 0 spiro atoms. The highest BCUT2D eigenvalue weighted by molar-refractivity contribution is 7.12. The molecule has 2 N–H and O–H groups in total. The quantitative estimate of drug-likeness (QED) is 0.866. The minimum Gasteiger partial charge on any atom is -0.370 e. The van der Waals surface area contributed by atoms with Gasteiger partial charge in [0.15, 0.2) is 0 Å². The molecule has 5 heteroatoms. The van der Waals surface area contributed by atoms with Crippen LogP contribution in [0.15, 0.2) is 24.5 Å². The molecule has 0 bridgehead atoms. The fraction of sp³-hybridized carbons (Fsp3) is 0.385. The summed E-state index contributed by atoms with van der Waals surface area (Å²) in [5.41, 5.74) is 0. The minimum absolute atomic E-state index is 0.257. The zero-order chi connectivity index (χ0) is 13.0. The van der Waals surface area contributed by atoms with Gasteiger partial charge in [0, 0.05) is 22.4 Å². The van der Waals surface area contributed by atoms with Crippen LogP contribution in [0.5, 0.6) is 0 Å². The number of aryl methyl sites for hydroxylation is 1. The Balaban J connectivity index is 2.06. The van der Waals surface area contributed by atoms with Gasteiger partial charge in [-0.05, 0) is 32.9 Å². The minimum atomic E-state index is 0.257. The van der Waals surface area contributed by atoms with Crippen molar-refractivity contribution in [3.05, 3.63) is 34.3 Å². The number of rotatable bonds is 5. The highest BCUT2D eigenvalue weighted by Gasteiger charge is 2.08. The fourth-order valence-corrected chi connectivity index (χ4v) is 2.57. The normalized spacial score (nSPS) is 12.2. The largest absolute Gasteiger partial charge is 0.370 e. The Morgan fingerprint density at radius 1 is 1.28 bits per heavy atom. The summed E-state index contributed by atoms with van der Waals surface area (Å²) in [6, 6.07) is 6.49. The van der Waals surface area contributed by atoms with E-state index in [-0.39, 0.29) is 6.04 Å². The maximum absolute atomic E-state index is 4.24. The summed E-state index contributed by atoms with van der Waals surface area (Å²) in [7, 11) is 0. The molecule has 0 amide bonds. The van der Waals surface area contributed by atoms with E-state index in [0.29, 0.717) is 0 Å². The van der Waals surface area contributed by atoms with Gasteiger partial charge in [0.25, 0.3) is 0 Å². The lowest BCUT2D eigenvalue weighted by atomic mass is 10.2. The molecule has 2 aromatic heterocycles. The molecule has 0 radical (unpaired) electrons. The molecule has 0 aliphatic heterocycles. The Kier molecular flexibility index (Phi) is 4.15. The zero-order valence-electron chi connectivity index (χ0n) is 10.9. The van der Waals surface area contributed by atoms with Crippen molar-refractivity contribution in [2.24, 2.45) is 0 Å². The van der Waals surface area contributed by atoms with Gasteiger partial charge in [-0.1, -0.05) is 0 Å². The van der Waals surface area contributed by atoms with E-state index in [0.717, 1.165) is 18.2 Å². The number of aromatic nitrogens is 2. The molecule has 0 fully saturated rings. The van der Waals surface area contributed by atoms with Crippen molar-refractivity contribution < 1.29 is 0 Å². The molecule has 0 aliphatic rings. The van der Waals surface area contributed by atoms with Crippen LogP contribution >= 0.6 is 11.3 Å². The van der Waals surface area contributed by atoms with Crippen molar-refractivity contribution in [1.82, 2.24) is 9.97 Å². The van der Waals surface area contributed by atoms with E-state index in [4.69, 9.17) is 0 Å². The molecular weight excluding hydrogens is 244 g/mol. The standard InChI is InChI=1S/C13H18N4S/c1-4-14-12-7-13(16-8-15-12)17-10(3)11-6-5-9(2)18-11/h5-8,10H,4H2,1-3H3,(H2,14,15,16,17). The molecule has 2 heterocycles. The van der Waals surface area contributed by atoms with Crippen LogP contribution in [0.1, 0.15) is 29.6 Å². The number of nitrogens with zero attached hydrogens (tertiary/aromatic N) is 2. The van der Waals surface area contributed by atoms with Crippen molar-refractivity contribution in [2.45, 2.75) is 26.8 Å². The Morgan fingerprint density at radius 2 is 2.06 bits per heavy atom. The third kappa shape index (κ3) is 3.20. The summed E-state index contributed by atoms with van der Waals surface area (Å²) in [6.07, 6.45) is 1.58. The smallest absolute Gasteiger partial charge is 0.131 e. The maximum Gasteiger partial charge on any atom is 0.131 e. The van der Waals surface area contributed by atoms with Crippen molar-refractivity contribution in [1.29, 1.82) is 0 Å². The number of thiophene rings is 1. The van der Waals surface area contributed by atoms with E-state index >= 15 is 0 Å². The number of hydrogen-bond donors (Lipinski definition) is 2. The SMILES string of the molecule is CCNc1cc(NC(C)c2ccc(C)s2)ncn1. The summed E-state index contributed by atoms with van der Waals surface area (Å²) in [4.78, 5) is 11.0. The first kappa shape index (κ1) is 12.8. The van der Waals surface area contributed by atoms with Crippen LogP contribution in [0, 0.1) is 6.92 Å². The maximum atomic E-state index is 4.24. The van der Waals surface area contributed by atoms with Crippen molar-refractivity contribution in [3.63, 3.8) is 0 Å². The third-order valence-corrected chi connectivity index (χ3v) is 3.76. The van der Waals surface area contributed by atoms with Crippen molar-refractivity contribution in [3.8, 4) is 0 Å². The number of nitrogens with one attached hydrogen (secondary N) is 2. The van der Waals surface area contributed by atoms with Crippen LogP contribution in [0.2, 0.25) is 0 Å². The first-order chi connectivity index (χ1) is 8.69. The first-order valence-electron chi connectivity index (χ1n) is 6.08. The van der Waals surface area contributed by atoms with Gasteiger partial charge in [-0.25, -0.2) is 9.97 Å². The summed E-state index contributed by atoms with van der Waals surface area (Å²) in [5, 5.41) is 6.57. The van der Waals surface area contributed by atoms with Gasteiger partial charge in [-0.3, -0.25) is 0 Å². The average Bonchev–Trinajstić information content (AvgIpc) is 2.77. The molecule has 18 heavy (non-hydrogen) atoms. The molecule has 2 rings (SSSR count). The van der Waals surface area contributed by atoms with Crippen LogP contribution < -0.4 is 10.6 Å². The van der Waals surface area contributed by atoms with Crippen LogP contribution in [0.3, 0.4) is 0 Å². The van der Waals surface area contributed by atoms with Gasteiger partial charge in [0.2, 0.25) is 0 Å². The topological polar surface area (TPSA) is 49.8 Å². The van der Waals surface area contributed by atoms with E-state index in [1.165, 1.54) is 9.75 Å². The van der Waals surface area contributed by atoms with E-state index in [1.807, 2.05) is 24.3 Å². The van der Waals surface area contributed by atoms with E-state index < -0.39 is 0 Å². The predicted molar refractivity (Wildman–Crippen MR) is 77.3 cm³/mol. The van der Waals surface area contributed by atoms with Gasteiger partial charge in [0.1, 0.15) is 18.0 Å². The Hall–Kier alpha value is -1.62. The van der Waals surface area contributed by atoms with Gasteiger partial charge in [-0.15, -0.1) is 11.3 Å². The fourth-order valence-electron chi connectivity index (χ4n) is 1.69. The molecular formula is C13H18N4S. The lowest BCUT2D eigenvalue weighted by molar-refractivity contribution is 0.893. The Labute approximate surface area is 111 Å². The summed E-state index contributed by atoms with van der Waals surface area (Å²) in [5.74, 6) is 1.70. The molecule has 1 unspecified atom stereocenters. The van der Waals surface area contributed by atoms with Gasteiger partial charge in [0.05, 0.1) is 6.04 Å². The molecule has 0 saturated carbocycles. The average molecular weight is 262 g/mol. The Bertz CT molecular complexity index is 509. The lowest BCUT2D eigenvalue weighted by Crippen LogP contribution is -2.08. The lowest BCUT2D eigenvalue weighted by Gasteiger charge is -2.13. The molecule has 0 aromatic carbocycles. The van der Waals surface area contributed by atoms with Crippen LogP contribution in [0.25, 0.3) is 0 Å². The summed E-state index contributed by atoms with van der Waals surface area (Å²) >= 11 is 1.81. The van der Waals surface area contributed by atoms with Gasteiger partial charge < -0.3 is 10.6 Å². The highest BCUT2D eigenvalue weighted by atomic mass is 32.1. The van der Waals surface area contributed by atoms with Crippen molar-refractivity contribution in [2.75, 3.05) is 17.2 Å². The number of anilines is 2. The van der Waals surface area contributed by atoms with Crippen LogP contribution in [0.4, 0.5) is 11.6 Å². The summed E-state index contributed by atoms with van der Waals surface area (Å²) in [6.45, 7) is 7.16. The molecule has 2 aromatic rings. The zero-order valence-corrected chi connectivity index (χ0v) is 11.7. The number of hydrogen-bond acceptors (Lipinski definition) is 5. The molecule has 0 aliphatic carbocycles. The molecule has 96 valence electrons. The van der Waals surface area contributed by atoms with E-state index in [1.54, 1.807) is 6.33 Å². The molecule has 1 atom stereocenters. The van der Waals surface area contributed by atoms with E-state index in [2.05, 4.69) is 46.6 Å². The third-order valence-electron chi connectivity index (χ3n) is 2.58. The summed E-state index contributed by atoms with van der Waals surface area (Å²) < 4.78 is 0. The van der Waals surface area contributed by atoms with Crippen molar-refractivity contribution >= 4 is 23.0 Å². The first-order valence-corrected chi connectivity index (χ1v) is 6.89. The molecule has 0 saturated heterocycles. The van der Waals surface area contributed by atoms with Gasteiger partial charge in [-0.2, -0.15) is 0 Å². The van der Waals surface area contributed by atoms with Crippen LogP contribution in [-0.2, 0) is 0 Å². The Morgan fingerprint density at radius 3 is 2.72 bits per heavy atom. The van der Waals surface area contributed by atoms with E-state index in [9.17, 15) is 0 Å².